The first-order valence-corrected chi connectivity index (χ1v) is 8.07. The fraction of sp³-hybridized carbons (Fsp3) is 0.368. The van der Waals surface area contributed by atoms with Gasteiger partial charge >= 0.3 is 0 Å². The zero-order chi connectivity index (χ0) is 15.4. The third-order valence-corrected chi connectivity index (χ3v) is 4.25. The molecule has 0 aliphatic carbocycles. The van der Waals surface area contributed by atoms with Crippen molar-refractivity contribution in [1.29, 1.82) is 0 Å². The molecule has 0 atom stereocenters. The minimum atomic E-state index is 0.0404. The van der Waals surface area contributed by atoms with E-state index in [9.17, 15) is 4.79 Å². The van der Waals surface area contributed by atoms with E-state index in [0.717, 1.165) is 24.5 Å². The van der Waals surface area contributed by atoms with Crippen molar-refractivity contribution in [1.82, 2.24) is 4.98 Å². The molecule has 1 aromatic heterocycles. The van der Waals surface area contributed by atoms with Gasteiger partial charge in [-0.15, -0.1) is 0 Å². The topological polar surface area (TPSA) is 33.2 Å². The Morgan fingerprint density at radius 1 is 1.00 bits per heavy atom. The van der Waals surface area contributed by atoms with Gasteiger partial charge in [-0.1, -0.05) is 43.2 Å². The average Bonchev–Trinajstić information content (AvgIpc) is 2.84. The van der Waals surface area contributed by atoms with Crippen molar-refractivity contribution in [3.63, 3.8) is 0 Å². The van der Waals surface area contributed by atoms with Crippen LogP contribution in [0.4, 0.5) is 5.82 Å². The summed E-state index contributed by atoms with van der Waals surface area (Å²) in [6, 6.07) is 11.4. The first kappa shape index (κ1) is 14.8. The van der Waals surface area contributed by atoms with Gasteiger partial charge in [0.15, 0.2) is 5.78 Å². The van der Waals surface area contributed by atoms with Gasteiger partial charge in [-0.05, 0) is 31.4 Å². The Labute approximate surface area is 132 Å². The molecule has 0 amide bonds. The summed E-state index contributed by atoms with van der Waals surface area (Å²) in [5, 5.41) is 0. The third-order valence-electron chi connectivity index (χ3n) is 4.25. The van der Waals surface area contributed by atoms with Crippen molar-refractivity contribution in [2.45, 2.75) is 32.6 Å². The summed E-state index contributed by atoms with van der Waals surface area (Å²) in [6.07, 6.45) is 6.79. The average molecular weight is 294 g/mol. The van der Waals surface area contributed by atoms with Crippen LogP contribution in [-0.2, 0) is 0 Å². The van der Waals surface area contributed by atoms with Crippen LogP contribution in [0.2, 0.25) is 0 Å². The second kappa shape index (κ2) is 6.73. The standard InChI is InChI=1S/C19H22N2O/c1-15-13-17(18(22)16-9-5-4-6-10-16)14-20-19(15)21-11-7-2-3-8-12-21/h4-6,9-10,13-14H,2-3,7-8,11-12H2,1H3. The quantitative estimate of drug-likeness (QED) is 0.802. The largest absolute Gasteiger partial charge is 0.356 e. The van der Waals surface area contributed by atoms with Crippen LogP contribution in [0.15, 0.2) is 42.6 Å². The second-order valence-electron chi connectivity index (χ2n) is 5.96. The zero-order valence-electron chi connectivity index (χ0n) is 13.1. The number of ketones is 1. The highest BCUT2D eigenvalue weighted by atomic mass is 16.1. The monoisotopic (exact) mass is 294 g/mol. The summed E-state index contributed by atoms with van der Waals surface area (Å²) in [6.45, 7) is 4.19. The minimum Gasteiger partial charge on any atom is -0.356 e. The van der Waals surface area contributed by atoms with E-state index < -0.39 is 0 Å². The molecule has 0 N–H and O–H groups in total. The van der Waals surface area contributed by atoms with Crippen molar-refractivity contribution in [3.8, 4) is 0 Å². The Bertz CT molecular complexity index is 644. The minimum absolute atomic E-state index is 0.0404. The lowest BCUT2D eigenvalue weighted by Crippen LogP contribution is -2.26. The summed E-state index contributed by atoms with van der Waals surface area (Å²) < 4.78 is 0. The lowest BCUT2D eigenvalue weighted by molar-refractivity contribution is 0.103. The molecule has 1 aliphatic rings. The van der Waals surface area contributed by atoms with Gasteiger partial charge < -0.3 is 4.90 Å². The molecule has 0 saturated carbocycles. The Hall–Kier alpha value is -2.16. The molecule has 1 saturated heterocycles. The van der Waals surface area contributed by atoms with Crippen LogP contribution in [0, 0.1) is 6.92 Å². The molecule has 3 heteroatoms. The molecule has 1 aromatic carbocycles. The number of carbonyl (C=O) groups is 1. The highest BCUT2D eigenvalue weighted by molar-refractivity contribution is 6.09. The van der Waals surface area contributed by atoms with Crippen LogP contribution in [0.1, 0.15) is 47.2 Å². The van der Waals surface area contributed by atoms with Crippen LogP contribution >= 0.6 is 0 Å². The van der Waals surface area contributed by atoms with Crippen molar-refractivity contribution >= 4 is 11.6 Å². The molecule has 3 nitrogen and oxygen atoms in total. The molecule has 0 bridgehead atoms. The molecule has 3 rings (SSSR count). The SMILES string of the molecule is Cc1cc(C(=O)c2ccccc2)cnc1N1CCCCCC1. The van der Waals surface area contributed by atoms with E-state index in [0.29, 0.717) is 11.1 Å². The van der Waals surface area contributed by atoms with Gasteiger partial charge in [0, 0.05) is 30.4 Å². The van der Waals surface area contributed by atoms with Crippen LogP contribution in [0.5, 0.6) is 0 Å². The van der Waals surface area contributed by atoms with Crippen molar-refractivity contribution in [2.24, 2.45) is 0 Å². The van der Waals surface area contributed by atoms with Crippen molar-refractivity contribution in [3.05, 3.63) is 59.3 Å². The predicted octanol–water partition coefficient (Wildman–Crippen LogP) is 4.00. The number of aryl methyl sites for hydroxylation is 1. The molecule has 0 spiro atoms. The lowest BCUT2D eigenvalue weighted by Gasteiger charge is -2.23. The van der Waals surface area contributed by atoms with Crippen LogP contribution in [-0.4, -0.2) is 23.9 Å². The van der Waals surface area contributed by atoms with Crippen molar-refractivity contribution < 1.29 is 4.79 Å². The van der Waals surface area contributed by atoms with Gasteiger partial charge in [0.2, 0.25) is 0 Å². The zero-order valence-corrected chi connectivity index (χ0v) is 13.1. The number of aromatic nitrogens is 1. The van der Waals surface area contributed by atoms with Crippen molar-refractivity contribution in [2.75, 3.05) is 18.0 Å². The summed E-state index contributed by atoms with van der Waals surface area (Å²) in [5.41, 5.74) is 2.47. The predicted molar refractivity (Wildman–Crippen MR) is 89.5 cm³/mol. The van der Waals surface area contributed by atoms with Gasteiger partial charge in [-0.25, -0.2) is 4.98 Å². The van der Waals surface area contributed by atoms with E-state index in [4.69, 9.17) is 0 Å². The van der Waals surface area contributed by atoms with E-state index in [-0.39, 0.29) is 5.78 Å². The van der Waals surface area contributed by atoms with E-state index in [2.05, 4.69) is 16.8 Å². The Morgan fingerprint density at radius 3 is 2.32 bits per heavy atom. The molecule has 22 heavy (non-hydrogen) atoms. The summed E-state index contributed by atoms with van der Waals surface area (Å²) >= 11 is 0. The molecular formula is C19H22N2O. The van der Waals surface area contributed by atoms with Crippen LogP contribution < -0.4 is 4.90 Å². The highest BCUT2D eigenvalue weighted by Crippen LogP contribution is 2.22. The maximum absolute atomic E-state index is 12.5. The number of benzene rings is 1. The molecule has 1 fully saturated rings. The maximum Gasteiger partial charge on any atom is 0.194 e. The van der Waals surface area contributed by atoms with Gasteiger partial charge in [-0.2, -0.15) is 0 Å². The maximum atomic E-state index is 12.5. The molecule has 0 unspecified atom stereocenters. The van der Waals surface area contributed by atoms with Crippen LogP contribution in [0.3, 0.4) is 0 Å². The number of hydrogen-bond acceptors (Lipinski definition) is 3. The number of pyridine rings is 1. The number of anilines is 1. The van der Waals surface area contributed by atoms with E-state index in [1.54, 1.807) is 6.20 Å². The van der Waals surface area contributed by atoms with Crippen LogP contribution in [0.25, 0.3) is 0 Å². The van der Waals surface area contributed by atoms with E-state index in [1.165, 1.54) is 25.7 Å². The Morgan fingerprint density at radius 2 is 1.68 bits per heavy atom. The molecular weight excluding hydrogens is 272 g/mol. The molecule has 2 heterocycles. The first-order valence-electron chi connectivity index (χ1n) is 8.07. The smallest absolute Gasteiger partial charge is 0.194 e. The van der Waals surface area contributed by atoms with Gasteiger partial charge in [0.25, 0.3) is 0 Å². The second-order valence-corrected chi connectivity index (χ2v) is 5.96. The fourth-order valence-corrected chi connectivity index (χ4v) is 3.06. The van der Waals surface area contributed by atoms with Gasteiger partial charge in [-0.3, -0.25) is 4.79 Å². The summed E-state index contributed by atoms with van der Waals surface area (Å²) in [4.78, 5) is 19.4. The Kier molecular flexibility index (Phi) is 4.52. The lowest BCUT2D eigenvalue weighted by atomic mass is 10.0. The van der Waals surface area contributed by atoms with E-state index in [1.807, 2.05) is 36.4 Å². The van der Waals surface area contributed by atoms with E-state index >= 15 is 0 Å². The van der Waals surface area contributed by atoms with Gasteiger partial charge in [0.1, 0.15) is 5.82 Å². The molecule has 2 aromatic rings. The molecule has 114 valence electrons. The highest BCUT2D eigenvalue weighted by Gasteiger charge is 2.16. The number of rotatable bonds is 3. The first-order chi connectivity index (χ1) is 10.8. The molecule has 1 aliphatic heterocycles. The number of carbonyl (C=O) groups excluding carboxylic acids is 1. The fourth-order valence-electron chi connectivity index (χ4n) is 3.06. The Balaban J connectivity index is 1.84. The summed E-state index contributed by atoms with van der Waals surface area (Å²) in [5.74, 6) is 1.07. The van der Waals surface area contributed by atoms with Gasteiger partial charge in [0.05, 0.1) is 0 Å². The number of hydrogen-bond donors (Lipinski definition) is 0. The number of nitrogens with zero attached hydrogens (tertiary/aromatic N) is 2. The normalized spacial score (nSPS) is 15.4. The third kappa shape index (κ3) is 3.19. The molecule has 0 radical (unpaired) electrons. The summed E-state index contributed by atoms with van der Waals surface area (Å²) in [7, 11) is 0.